The van der Waals surface area contributed by atoms with Gasteiger partial charge in [-0.1, -0.05) is 15.9 Å². The summed E-state index contributed by atoms with van der Waals surface area (Å²) in [5.41, 5.74) is 0.644. The fourth-order valence-electron chi connectivity index (χ4n) is 2.44. The summed E-state index contributed by atoms with van der Waals surface area (Å²) in [6, 6.07) is 14.0. The van der Waals surface area contributed by atoms with Crippen molar-refractivity contribution in [3.05, 3.63) is 79.5 Å². The lowest BCUT2D eigenvalue weighted by Gasteiger charge is -2.10. The molecule has 0 bridgehead atoms. The smallest absolute Gasteiger partial charge is 0.270 e. The van der Waals surface area contributed by atoms with E-state index in [1.165, 1.54) is 34.9 Å². The van der Waals surface area contributed by atoms with Gasteiger partial charge in [0.1, 0.15) is 6.54 Å². The number of halogens is 1. The fourth-order valence-corrected chi connectivity index (χ4v) is 2.71. The quantitative estimate of drug-likeness (QED) is 0.535. The molecular weight excluding hydrogens is 390 g/mol. The Morgan fingerprint density at radius 1 is 1.12 bits per heavy atom. The van der Waals surface area contributed by atoms with E-state index in [9.17, 15) is 19.7 Å². The van der Waals surface area contributed by atoms with Crippen molar-refractivity contribution in [3.63, 3.8) is 0 Å². The Morgan fingerprint density at radius 2 is 1.84 bits per heavy atom. The topological polar surface area (TPSA) is 94.2 Å². The summed E-state index contributed by atoms with van der Waals surface area (Å²) in [4.78, 5) is 34.7. The number of nitrogens with one attached hydrogen (secondary N) is 1. The molecule has 7 nitrogen and oxygen atoms in total. The van der Waals surface area contributed by atoms with Crippen LogP contribution in [-0.4, -0.2) is 15.4 Å². The molecule has 0 saturated carbocycles. The highest BCUT2D eigenvalue weighted by Gasteiger charge is 2.12. The number of nitrogens with zero attached hydrogens (tertiary/aromatic N) is 2. The van der Waals surface area contributed by atoms with E-state index in [-0.39, 0.29) is 23.7 Å². The average Bonchev–Trinajstić information content (AvgIpc) is 2.59. The predicted octanol–water partition coefficient (Wildman–Crippen LogP) is 3.31. The Labute approximate surface area is 150 Å². The molecule has 0 fully saturated rings. The first kappa shape index (κ1) is 16.8. The third-order valence-electron chi connectivity index (χ3n) is 3.61. The lowest BCUT2D eigenvalue weighted by Crippen LogP contribution is -2.27. The number of non-ortho nitro benzene ring substituents is 1. The summed E-state index contributed by atoms with van der Waals surface area (Å²) in [7, 11) is 0. The second kappa shape index (κ2) is 6.86. The van der Waals surface area contributed by atoms with E-state index in [2.05, 4.69) is 21.2 Å². The minimum atomic E-state index is -0.505. The van der Waals surface area contributed by atoms with Gasteiger partial charge < -0.3 is 5.32 Å². The molecule has 0 saturated heterocycles. The van der Waals surface area contributed by atoms with Crippen LogP contribution in [0.15, 0.2) is 63.9 Å². The van der Waals surface area contributed by atoms with Crippen LogP contribution in [0.2, 0.25) is 0 Å². The highest BCUT2D eigenvalue weighted by atomic mass is 79.9. The number of nitro groups is 1. The number of nitro benzene ring substituents is 1. The zero-order chi connectivity index (χ0) is 18.0. The maximum Gasteiger partial charge on any atom is 0.270 e. The highest BCUT2D eigenvalue weighted by molar-refractivity contribution is 9.10. The van der Waals surface area contributed by atoms with Gasteiger partial charge in [0.05, 0.1) is 10.4 Å². The van der Waals surface area contributed by atoms with Gasteiger partial charge in [-0.2, -0.15) is 0 Å². The van der Waals surface area contributed by atoms with Gasteiger partial charge in [-0.15, -0.1) is 0 Å². The van der Waals surface area contributed by atoms with E-state index in [0.29, 0.717) is 16.6 Å². The number of benzene rings is 2. The standard InChI is InChI=1S/C17H12BrN3O4/c18-12-2-4-13(5-3-12)19-16(22)10-20-15-7-6-14(21(24)25)9-11(15)1-8-17(20)23/h1-9H,10H2,(H,19,22). The van der Waals surface area contributed by atoms with Crippen molar-refractivity contribution in [2.75, 3.05) is 5.32 Å². The van der Waals surface area contributed by atoms with Gasteiger partial charge in [0.15, 0.2) is 0 Å². The second-order valence-electron chi connectivity index (χ2n) is 5.31. The van der Waals surface area contributed by atoms with Crippen molar-refractivity contribution in [2.24, 2.45) is 0 Å². The Morgan fingerprint density at radius 3 is 2.52 bits per heavy atom. The molecule has 1 amide bonds. The van der Waals surface area contributed by atoms with E-state index >= 15 is 0 Å². The van der Waals surface area contributed by atoms with Gasteiger partial charge in [0.2, 0.25) is 5.91 Å². The SMILES string of the molecule is O=C(Cn1c(=O)ccc2cc([N+](=O)[O-])ccc21)Nc1ccc(Br)cc1. The van der Waals surface area contributed by atoms with Crippen molar-refractivity contribution < 1.29 is 9.72 Å². The summed E-state index contributed by atoms with van der Waals surface area (Å²) in [5.74, 6) is -0.365. The summed E-state index contributed by atoms with van der Waals surface area (Å²) in [5, 5.41) is 14.1. The number of amides is 1. The van der Waals surface area contributed by atoms with Crippen LogP contribution in [0.1, 0.15) is 0 Å². The maximum absolute atomic E-state index is 12.2. The maximum atomic E-state index is 12.2. The van der Waals surface area contributed by atoms with Crippen molar-refractivity contribution >= 4 is 44.1 Å². The monoisotopic (exact) mass is 401 g/mol. The molecule has 8 heteroatoms. The summed E-state index contributed by atoms with van der Waals surface area (Å²) in [6.07, 6.45) is 0. The van der Waals surface area contributed by atoms with Crippen LogP contribution >= 0.6 is 15.9 Å². The Kier molecular flexibility index (Phi) is 4.62. The molecular formula is C17H12BrN3O4. The van der Waals surface area contributed by atoms with Crippen LogP contribution in [0, 0.1) is 10.1 Å². The first-order chi connectivity index (χ1) is 11.9. The lowest BCUT2D eigenvalue weighted by molar-refractivity contribution is -0.384. The van der Waals surface area contributed by atoms with Crippen molar-refractivity contribution in [1.82, 2.24) is 4.57 Å². The zero-order valence-corrected chi connectivity index (χ0v) is 14.4. The summed E-state index contributed by atoms with van der Waals surface area (Å²) in [6.45, 7) is -0.190. The molecule has 0 aliphatic heterocycles. The van der Waals surface area contributed by atoms with E-state index in [4.69, 9.17) is 0 Å². The van der Waals surface area contributed by atoms with E-state index in [0.717, 1.165) is 4.47 Å². The van der Waals surface area contributed by atoms with Crippen LogP contribution in [0.25, 0.3) is 10.9 Å². The Bertz CT molecular complexity index is 1030. The first-order valence-corrected chi connectivity index (χ1v) is 8.07. The van der Waals surface area contributed by atoms with Crippen LogP contribution in [0.3, 0.4) is 0 Å². The molecule has 3 aromatic rings. The largest absolute Gasteiger partial charge is 0.325 e. The van der Waals surface area contributed by atoms with Crippen molar-refractivity contribution in [2.45, 2.75) is 6.54 Å². The molecule has 3 rings (SSSR count). The molecule has 1 aromatic heterocycles. The number of rotatable bonds is 4. The van der Waals surface area contributed by atoms with Crippen LogP contribution < -0.4 is 10.9 Å². The van der Waals surface area contributed by atoms with Gasteiger partial charge in [-0.05, 0) is 36.4 Å². The van der Waals surface area contributed by atoms with Crippen molar-refractivity contribution in [3.8, 4) is 0 Å². The van der Waals surface area contributed by atoms with E-state index in [1.807, 2.05) is 0 Å². The molecule has 1 heterocycles. The normalized spacial score (nSPS) is 10.6. The van der Waals surface area contributed by atoms with Crippen molar-refractivity contribution in [1.29, 1.82) is 0 Å². The minimum absolute atomic E-state index is 0.0722. The third-order valence-corrected chi connectivity index (χ3v) is 4.14. The molecule has 0 radical (unpaired) electrons. The zero-order valence-electron chi connectivity index (χ0n) is 12.8. The Hall–Kier alpha value is -3.00. The highest BCUT2D eigenvalue weighted by Crippen LogP contribution is 2.20. The minimum Gasteiger partial charge on any atom is -0.325 e. The molecule has 25 heavy (non-hydrogen) atoms. The molecule has 0 atom stereocenters. The van der Waals surface area contributed by atoms with E-state index < -0.39 is 4.92 Å². The number of carbonyl (C=O) groups excluding carboxylic acids is 1. The summed E-state index contributed by atoms with van der Waals surface area (Å²) >= 11 is 3.31. The van der Waals surface area contributed by atoms with Gasteiger partial charge in [0.25, 0.3) is 11.2 Å². The second-order valence-corrected chi connectivity index (χ2v) is 6.23. The van der Waals surface area contributed by atoms with Gasteiger partial charge in [-0.3, -0.25) is 24.3 Å². The van der Waals surface area contributed by atoms with Crippen LogP contribution in [0.5, 0.6) is 0 Å². The van der Waals surface area contributed by atoms with Crippen LogP contribution in [0.4, 0.5) is 11.4 Å². The number of hydrogen-bond donors (Lipinski definition) is 1. The number of aromatic nitrogens is 1. The molecule has 0 spiro atoms. The predicted molar refractivity (Wildman–Crippen MR) is 97.6 cm³/mol. The van der Waals surface area contributed by atoms with Gasteiger partial charge >= 0.3 is 0 Å². The fraction of sp³-hybridized carbons (Fsp3) is 0.0588. The van der Waals surface area contributed by atoms with Crippen LogP contribution in [-0.2, 0) is 11.3 Å². The molecule has 0 unspecified atom stereocenters. The molecule has 0 aliphatic rings. The number of fused-ring (bicyclic) bond motifs is 1. The number of carbonyl (C=O) groups is 1. The lowest BCUT2D eigenvalue weighted by atomic mass is 10.2. The Balaban J connectivity index is 1.90. The van der Waals surface area contributed by atoms with Gasteiger partial charge in [-0.25, -0.2) is 0 Å². The number of pyridine rings is 1. The molecule has 2 aromatic carbocycles. The molecule has 126 valence electrons. The number of anilines is 1. The molecule has 1 N–H and O–H groups in total. The van der Waals surface area contributed by atoms with Gasteiger partial charge in [0, 0.05) is 33.7 Å². The summed E-state index contributed by atoms with van der Waals surface area (Å²) < 4.78 is 2.17. The average molecular weight is 402 g/mol. The molecule has 0 aliphatic carbocycles. The number of hydrogen-bond acceptors (Lipinski definition) is 4. The first-order valence-electron chi connectivity index (χ1n) is 7.27. The van der Waals surface area contributed by atoms with E-state index in [1.54, 1.807) is 24.3 Å². The third kappa shape index (κ3) is 3.74.